The summed E-state index contributed by atoms with van der Waals surface area (Å²) in [7, 11) is 0. The van der Waals surface area contributed by atoms with E-state index in [1.54, 1.807) is 0 Å². The molecule has 0 bridgehead atoms. The van der Waals surface area contributed by atoms with Crippen LogP contribution in [0.15, 0.2) is 0 Å². The maximum absolute atomic E-state index is 11.6. The summed E-state index contributed by atoms with van der Waals surface area (Å²) in [4.78, 5) is 13.8. The second kappa shape index (κ2) is 5.80. The topological polar surface area (TPSA) is 60.8 Å². The van der Waals surface area contributed by atoms with E-state index in [0.29, 0.717) is 13.1 Å². The minimum atomic E-state index is -0.655. The highest BCUT2D eigenvalue weighted by Gasteiger charge is 2.43. The van der Waals surface area contributed by atoms with Gasteiger partial charge in [0.05, 0.1) is 11.0 Å². The number of likely N-dealkylation sites (tertiary alicyclic amines) is 1. The second-order valence-corrected chi connectivity index (χ2v) is 6.58. The molecule has 0 amide bonds. The molecule has 4 heteroatoms. The molecule has 1 aliphatic heterocycles. The Morgan fingerprint density at radius 2 is 1.89 bits per heavy atom. The Labute approximate surface area is 115 Å². The molecule has 0 aromatic carbocycles. The Morgan fingerprint density at radius 1 is 1.21 bits per heavy atom. The maximum atomic E-state index is 11.6. The lowest BCUT2D eigenvalue weighted by Gasteiger charge is -2.42. The molecule has 0 radical (unpaired) electrons. The molecule has 0 aromatic heterocycles. The van der Waals surface area contributed by atoms with Crippen LogP contribution >= 0.6 is 0 Å². The maximum Gasteiger partial charge on any atom is 0.310 e. The van der Waals surface area contributed by atoms with Crippen molar-refractivity contribution in [2.24, 2.45) is 5.41 Å². The highest BCUT2D eigenvalue weighted by atomic mass is 16.4. The Hall–Kier alpha value is -0.610. The zero-order chi connectivity index (χ0) is 13.9. The van der Waals surface area contributed by atoms with Crippen LogP contribution in [0.2, 0.25) is 0 Å². The van der Waals surface area contributed by atoms with Crippen LogP contribution in [0.4, 0.5) is 0 Å². The number of aliphatic carboxylic acids is 1. The third-order valence-electron chi connectivity index (χ3n) is 4.89. The standard InChI is InChI=1S/C15H27NO3/c1-2-6-14(13(17)18)7-5-10-16(11-14)12-15(19)8-3-4-9-15/h19H,2-12H2,1H3,(H,17,18). The first-order valence-corrected chi connectivity index (χ1v) is 7.68. The predicted octanol–water partition coefficient (Wildman–Crippen LogP) is 2.26. The van der Waals surface area contributed by atoms with Crippen LogP contribution in [0.25, 0.3) is 0 Å². The van der Waals surface area contributed by atoms with Gasteiger partial charge in [-0.05, 0) is 38.6 Å². The molecule has 2 rings (SSSR count). The van der Waals surface area contributed by atoms with Crippen molar-refractivity contribution >= 4 is 5.97 Å². The average molecular weight is 269 g/mol. The summed E-state index contributed by atoms with van der Waals surface area (Å²) >= 11 is 0. The van der Waals surface area contributed by atoms with Gasteiger partial charge in [0, 0.05) is 13.1 Å². The summed E-state index contributed by atoms with van der Waals surface area (Å²) in [5.74, 6) is -0.655. The van der Waals surface area contributed by atoms with Gasteiger partial charge in [0.25, 0.3) is 0 Å². The van der Waals surface area contributed by atoms with Gasteiger partial charge < -0.3 is 10.2 Å². The fourth-order valence-electron chi connectivity index (χ4n) is 3.93. The highest BCUT2D eigenvalue weighted by Crippen LogP contribution is 2.37. The quantitative estimate of drug-likeness (QED) is 0.803. The Balaban J connectivity index is 2.01. The zero-order valence-corrected chi connectivity index (χ0v) is 12.0. The van der Waals surface area contributed by atoms with E-state index >= 15 is 0 Å². The second-order valence-electron chi connectivity index (χ2n) is 6.58. The minimum Gasteiger partial charge on any atom is -0.481 e. The van der Waals surface area contributed by atoms with Crippen LogP contribution in [0, 0.1) is 5.41 Å². The van der Waals surface area contributed by atoms with E-state index in [0.717, 1.165) is 57.9 Å². The van der Waals surface area contributed by atoms with Crippen molar-refractivity contribution in [3.63, 3.8) is 0 Å². The van der Waals surface area contributed by atoms with E-state index in [1.807, 2.05) is 6.92 Å². The molecule has 2 aliphatic rings. The molecule has 110 valence electrons. The number of rotatable bonds is 5. The van der Waals surface area contributed by atoms with Gasteiger partial charge in [0.2, 0.25) is 0 Å². The fourth-order valence-corrected chi connectivity index (χ4v) is 3.93. The molecular formula is C15H27NO3. The van der Waals surface area contributed by atoms with Crippen LogP contribution in [0.3, 0.4) is 0 Å². The first-order valence-electron chi connectivity index (χ1n) is 7.68. The highest BCUT2D eigenvalue weighted by molar-refractivity contribution is 5.75. The van der Waals surface area contributed by atoms with Gasteiger partial charge in [-0.1, -0.05) is 26.2 Å². The molecule has 1 saturated heterocycles. The molecule has 2 fully saturated rings. The van der Waals surface area contributed by atoms with Crippen molar-refractivity contribution in [1.29, 1.82) is 0 Å². The SMILES string of the molecule is CCCC1(C(=O)O)CCCN(CC2(O)CCCC2)C1. The van der Waals surface area contributed by atoms with Crippen molar-refractivity contribution in [3.8, 4) is 0 Å². The number of carboxylic acid groups (broad SMARTS) is 1. The summed E-state index contributed by atoms with van der Waals surface area (Å²) in [5.41, 5.74) is -1.14. The van der Waals surface area contributed by atoms with Crippen LogP contribution in [-0.4, -0.2) is 46.3 Å². The van der Waals surface area contributed by atoms with Crippen molar-refractivity contribution in [1.82, 2.24) is 4.90 Å². The molecule has 2 N–H and O–H groups in total. The molecule has 0 spiro atoms. The molecule has 4 nitrogen and oxygen atoms in total. The summed E-state index contributed by atoms with van der Waals surface area (Å²) < 4.78 is 0. The number of carboxylic acids is 1. The molecule has 19 heavy (non-hydrogen) atoms. The van der Waals surface area contributed by atoms with Gasteiger partial charge in [-0.3, -0.25) is 9.69 Å². The Kier molecular flexibility index (Phi) is 4.51. The van der Waals surface area contributed by atoms with Crippen molar-refractivity contribution in [3.05, 3.63) is 0 Å². The van der Waals surface area contributed by atoms with E-state index < -0.39 is 17.0 Å². The zero-order valence-electron chi connectivity index (χ0n) is 12.0. The molecule has 1 unspecified atom stereocenters. The number of piperidine rings is 1. The molecule has 0 aromatic rings. The van der Waals surface area contributed by atoms with Crippen molar-refractivity contribution in [2.45, 2.75) is 63.9 Å². The lowest BCUT2D eigenvalue weighted by molar-refractivity contribution is -0.154. The summed E-state index contributed by atoms with van der Waals surface area (Å²) in [6.07, 6.45) is 7.32. The van der Waals surface area contributed by atoms with E-state index in [1.165, 1.54) is 0 Å². The average Bonchev–Trinajstić information content (AvgIpc) is 2.76. The summed E-state index contributed by atoms with van der Waals surface area (Å²) in [5, 5.41) is 20.1. The smallest absolute Gasteiger partial charge is 0.310 e. The first kappa shape index (κ1) is 14.8. The number of aliphatic hydroxyl groups is 1. The fraction of sp³-hybridized carbons (Fsp3) is 0.933. The third kappa shape index (κ3) is 3.29. The molecule has 1 saturated carbocycles. The predicted molar refractivity (Wildman–Crippen MR) is 74.1 cm³/mol. The Morgan fingerprint density at radius 3 is 2.47 bits per heavy atom. The summed E-state index contributed by atoms with van der Waals surface area (Å²) in [6, 6.07) is 0. The third-order valence-corrected chi connectivity index (χ3v) is 4.89. The van der Waals surface area contributed by atoms with E-state index in [2.05, 4.69) is 4.90 Å². The summed E-state index contributed by atoms with van der Waals surface area (Å²) in [6.45, 7) is 4.25. The normalized spacial score (nSPS) is 31.5. The van der Waals surface area contributed by atoms with Gasteiger partial charge >= 0.3 is 5.97 Å². The molecule has 1 atom stereocenters. The van der Waals surface area contributed by atoms with Crippen LogP contribution in [-0.2, 0) is 4.79 Å². The molecule has 1 aliphatic carbocycles. The van der Waals surface area contributed by atoms with Gasteiger partial charge in [0.15, 0.2) is 0 Å². The van der Waals surface area contributed by atoms with E-state index in [-0.39, 0.29) is 0 Å². The number of hydrogen-bond donors (Lipinski definition) is 2. The van der Waals surface area contributed by atoms with Crippen molar-refractivity contribution in [2.75, 3.05) is 19.6 Å². The van der Waals surface area contributed by atoms with Crippen molar-refractivity contribution < 1.29 is 15.0 Å². The van der Waals surface area contributed by atoms with Crippen LogP contribution in [0.5, 0.6) is 0 Å². The minimum absolute atomic E-state index is 0.562. The number of hydrogen-bond acceptors (Lipinski definition) is 3. The number of β-amino-alcohol motifs (C(OH)–C–C–N with tert-alkyl or cyclic N) is 1. The molecule has 1 heterocycles. The largest absolute Gasteiger partial charge is 0.481 e. The van der Waals surface area contributed by atoms with Gasteiger partial charge in [-0.2, -0.15) is 0 Å². The first-order chi connectivity index (χ1) is 9.00. The monoisotopic (exact) mass is 269 g/mol. The van der Waals surface area contributed by atoms with Crippen LogP contribution < -0.4 is 0 Å². The lowest BCUT2D eigenvalue weighted by Crippen LogP contribution is -2.52. The Bertz CT molecular complexity index is 321. The van der Waals surface area contributed by atoms with Gasteiger partial charge in [-0.25, -0.2) is 0 Å². The number of nitrogens with zero attached hydrogens (tertiary/aromatic N) is 1. The van der Waals surface area contributed by atoms with Crippen LogP contribution in [0.1, 0.15) is 58.3 Å². The lowest BCUT2D eigenvalue weighted by atomic mass is 9.76. The van der Waals surface area contributed by atoms with E-state index in [4.69, 9.17) is 0 Å². The van der Waals surface area contributed by atoms with Gasteiger partial charge in [-0.15, -0.1) is 0 Å². The van der Waals surface area contributed by atoms with E-state index in [9.17, 15) is 15.0 Å². The van der Waals surface area contributed by atoms with Gasteiger partial charge in [0.1, 0.15) is 0 Å². The number of carbonyl (C=O) groups is 1. The molecular weight excluding hydrogens is 242 g/mol.